The van der Waals surface area contributed by atoms with Crippen molar-refractivity contribution in [1.29, 1.82) is 0 Å². The number of carbonyl (C=O) groups is 2. The van der Waals surface area contributed by atoms with Gasteiger partial charge in [0.15, 0.2) is 5.78 Å². The molecule has 1 aliphatic carbocycles. The lowest BCUT2D eigenvalue weighted by atomic mass is 9.65. The topological polar surface area (TPSA) is 133 Å². The molecule has 1 aliphatic rings. The first-order valence-electron chi connectivity index (χ1n) is 8.22. The van der Waals surface area contributed by atoms with Crippen LogP contribution in [0.5, 0.6) is 0 Å². The van der Waals surface area contributed by atoms with Crippen LogP contribution in [0.3, 0.4) is 0 Å². The van der Waals surface area contributed by atoms with Crippen LogP contribution in [-0.2, 0) is 16.2 Å². The Kier molecular flexibility index (Phi) is 6.08. The van der Waals surface area contributed by atoms with Gasteiger partial charge in [-0.05, 0) is 18.4 Å². The number of aliphatic carboxylic acids is 1. The van der Waals surface area contributed by atoms with Gasteiger partial charge in [-0.25, -0.2) is 0 Å². The van der Waals surface area contributed by atoms with Crippen molar-refractivity contribution in [3.8, 4) is 0 Å². The van der Waals surface area contributed by atoms with E-state index in [0.29, 0.717) is 24.0 Å². The van der Waals surface area contributed by atoms with Gasteiger partial charge in [-0.2, -0.15) is 0 Å². The summed E-state index contributed by atoms with van der Waals surface area (Å²) >= 11 is 0. The molecule has 0 aliphatic heterocycles. The molecule has 0 bridgehead atoms. The molecule has 1 unspecified atom stereocenters. The van der Waals surface area contributed by atoms with E-state index in [1.165, 1.54) is 12.1 Å². The lowest BCUT2D eigenvalue weighted by Gasteiger charge is -2.40. The molecular weight excluding hydrogens is 328 g/mol. The fourth-order valence-electron chi connectivity index (χ4n) is 3.50. The Morgan fingerprint density at radius 1 is 1.24 bits per heavy atom. The Balaban J connectivity index is 2.13. The monoisotopic (exact) mass is 350 g/mol. The summed E-state index contributed by atoms with van der Waals surface area (Å²) in [5, 5.41) is 18.6. The molecule has 25 heavy (non-hydrogen) atoms. The molecule has 2 rings (SSSR count). The molecule has 0 saturated heterocycles. The highest BCUT2D eigenvalue weighted by Crippen LogP contribution is 2.42. The zero-order valence-corrected chi connectivity index (χ0v) is 13.8. The number of carboxylic acids is 1. The zero-order chi connectivity index (χ0) is 18.4. The highest BCUT2D eigenvalue weighted by molar-refractivity contribution is 6.00. The standard InChI is InChI=1S/C17H22N2O6/c18-16(17(10-14(20)21)8-2-1-3-9-17)15(22)13-6-4-12(5-7-13)11-25-19(23)24/h4-7,16H,1-3,8-11,18H2,(H,20,21). The summed E-state index contributed by atoms with van der Waals surface area (Å²) in [4.78, 5) is 38.5. The smallest absolute Gasteiger partial charge is 0.303 e. The average Bonchev–Trinajstić information content (AvgIpc) is 2.59. The van der Waals surface area contributed by atoms with E-state index in [-0.39, 0.29) is 18.8 Å². The quantitative estimate of drug-likeness (QED) is 0.417. The van der Waals surface area contributed by atoms with E-state index in [1.807, 2.05) is 0 Å². The van der Waals surface area contributed by atoms with Crippen molar-refractivity contribution in [3.05, 3.63) is 45.5 Å². The summed E-state index contributed by atoms with van der Waals surface area (Å²) in [6, 6.07) is 5.32. The molecule has 3 N–H and O–H groups in total. The van der Waals surface area contributed by atoms with Gasteiger partial charge >= 0.3 is 5.97 Å². The number of carbonyl (C=O) groups excluding carboxylic acids is 1. The third-order valence-corrected chi connectivity index (χ3v) is 4.87. The molecule has 0 radical (unpaired) electrons. The predicted molar refractivity (Wildman–Crippen MR) is 88.3 cm³/mol. The number of nitrogens with zero attached hydrogens (tertiary/aromatic N) is 1. The van der Waals surface area contributed by atoms with Crippen LogP contribution in [0.25, 0.3) is 0 Å². The van der Waals surface area contributed by atoms with Gasteiger partial charge in [0.2, 0.25) is 0 Å². The molecule has 1 fully saturated rings. The van der Waals surface area contributed by atoms with E-state index < -0.39 is 22.5 Å². The lowest BCUT2D eigenvalue weighted by Crippen LogP contribution is -2.49. The fraction of sp³-hybridized carbons (Fsp3) is 0.529. The van der Waals surface area contributed by atoms with Crippen molar-refractivity contribution in [1.82, 2.24) is 0 Å². The molecule has 1 saturated carbocycles. The molecule has 0 aromatic heterocycles. The van der Waals surface area contributed by atoms with Gasteiger partial charge in [-0.1, -0.05) is 43.5 Å². The largest absolute Gasteiger partial charge is 0.481 e. The number of benzene rings is 1. The second-order valence-corrected chi connectivity index (χ2v) is 6.53. The van der Waals surface area contributed by atoms with Gasteiger partial charge in [-0.15, -0.1) is 10.1 Å². The van der Waals surface area contributed by atoms with Crippen molar-refractivity contribution in [2.45, 2.75) is 51.2 Å². The number of ketones is 1. The van der Waals surface area contributed by atoms with E-state index in [2.05, 4.69) is 4.84 Å². The molecular formula is C17H22N2O6. The first-order valence-corrected chi connectivity index (χ1v) is 8.22. The van der Waals surface area contributed by atoms with E-state index in [1.54, 1.807) is 12.1 Å². The fourth-order valence-corrected chi connectivity index (χ4v) is 3.50. The maximum absolute atomic E-state index is 12.8. The number of rotatable bonds is 8. The Bertz CT molecular complexity index is 637. The van der Waals surface area contributed by atoms with Crippen LogP contribution in [0.1, 0.15) is 54.4 Å². The summed E-state index contributed by atoms with van der Waals surface area (Å²) in [6.07, 6.45) is 3.89. The highest BCUT2D eigenvalue weighted by Gasteiger charge is 2.43. The lowest BCUT2D eigenvalue weighted by molar-refractivity contribution is -0.763. The van der Waals surface area contributed by atoms with Crippen LogP contribution in [0, 0.1) is 15.5 Å². The van der Waals surface area contributed by atoms with Crippen LogP contribution in [0.15, 0.2) is 24.3 Å². The predicted octanol–water partition coefficient (Wildman–Crippen LogP) is 2.33. The SMILES string of the molecule is NC(C(=O)c1ccc(CO[N+](=O)[O-])cc1)C1(CC(=O)O)CCCCC1. The van der Waals surface area contributed by atoms with Crippen molar-refractivity contribution in [3.63, 3.8) is 0 Å². The molecule has 0 amide bonds. The molecule has 0 spiro atoms. The minimum Gasteiger partial charge on any atom is -0.481 e. The summed E-state index contributed by atoms with van der Waals surface area (Å²) in [6.45, 7) is -0.198. The van der Waals surface area contributed by atoms with Gasteiger partial charge in [0.25, 0.3) is 5.09 Å². The Morgan fingerprint density at radius 3 is 2.36 bits per heavy atom. The first-order chi connectivity index (χ1) is 11.8. The highest BCUT2D eigenvalue weighted by atomic mass is 16.9. The summed E-state index contributed by atoms with van der Waals surface area (Å²) in [5.41, 5.74) is 6.43. The Labute approximate surface area is 145 Å². The van der Waals surface area contributed by atoms with Gasteiger partial charge < -0.3 is 15.7 Å². The second kappa shape index (κ2) is 8.06. The minimum atomic E-state index is -0.947. The number of hydrogen-bond acceptors (Lipinski definition) is 6. The zero-order valence-electron chi connectivity index (χ0n) is 13.8. The number of nitrogens with two attached hydrogens (primary N) is 1. The Hall–Kier alpha value is -2.48. The molecule has 136 valence electrons. The van der Waals surface area contributed by atoms with Crippen LogP contribution >= 0.6 is 0 Å². The van der Waals surface area contributed by atoms with Crippen molar-refractivity contribution in [2.75, 3.05) is 0 Å². The minimum absolute atomic E-state index is 0.116. The van der Waals surface area contributed by atoms with E-state index >= 15 is 0 Å². The molecule has 1 aromatic rings. The summed E-state index contributed by atoms with van der Waals surface area (Å²) in [7, 11) is 0. The number of Topliss-reactive ketones (excluding diaryl/α,β-unsaturated/α-hetero) is 1. The summed E-state index contributed by atoms with van der Waals surface area (Å²) in [5.74, 6) is -1.25. The van der Waals surface area contributed by atoms with Crippen LogP contribution in [0.2, 0.25) is 0 Å². The molecule has 0 heterocycles. The maximum Gasteiger partial charge on any atom is 0.303 e. The van der Waals surface area contributed by atoms with Crippen LogP contribution in [-0.4, -0.2) is 28.0 Å². The molecule has 8 nitrogen and oxygen atoms in total. The van der Waals surface area contributed by atoms with Gasteiger partial charge in [-0.3, -0.25) is 9.59 Å². The summed E-state index contributed by atoms with van der Waals surface area (Å²) < 4.78 is 0. The molecule has 1 atom stereocenters. The van der Waals surface area contributed by atoms with Crippen molar-refractivity contribution >= 4 is 11.8 Å². The van der Waals surface area contributed by atoms with E-state index in [9.17, 15) is 24.8 Å². The molecule has 8 heteroatoms. The maximum atomic E-state index is 12.8. The van der Waals surface area contributed by atoms with Gasteiger partial charge in [0.05, 0.1) is 12.5 Å². The van der Waals surface area contributed by atoms with E-state index in [0.717, 1.165) is 19.3 Å². The Morgan fingerprint density at radius 2 is 1.84 bits per heavy atom. The normalized spacial score (nSPS) is 17.5. The number of carboxylic acid groups (broad SMARTS) is 1. The van der Waals surface area contributed by atoms with Crippen LogP contribution in [0.4, 0.5) is 0 Å². The second-order valence-electron chi connectivity index (χ2n) is 6.53. The van der Waals surface area contributed by atoms with E-state index in [4.69, 9.17) is 5.73 Å². The van der Waals surface area contributed by atoms with Gasteiger partial charge in [0.1, 0.15) is 6.61 Å². The molecule has 1 aromatic carbocycles. The average molecular weight is 350 g/mol. The third kappa shape index (κ3) is 4.76. The van der Waals surface area contributed by atoms with Crippen molar-refractivity contribution < 1.29 is 24.6 Å². The van der Waals surface area contributed by atoms with Crippen LogP contribution < -0.4 is 5.73 Å². The van der Waals surface area contributed by atoms with Crippen molar-refractivity contribution in [2.24, 2.45) is 11.1 Å². The first kappa shape index (κ1) is 18.9. The van der Waals surface area contributed by atoms with Gasteiger partial charge in [0, 0.05) is 11.0 Å². The number of hydrogen-bond donors (Lipinski definition) is 2. The third-order valence-electron chi connectivity index (χ3n) is 4.87.